The van der Waals surface area contributed by atoms with Gasteiger partial charge in [-0.15, -0.1) is 11.3 Å². The van der Waals surface area contributed by atoms with Gasteiger partial charge < -0.3 is 4.98 Å². The van der Waals surface area contributed by atoms with Gasteiger partial charge in [-0.3, -0.25) is 4.79 Å². The number of H-pyrrole nitrogens is 1. The van der Waals surface area contributed by atoms with Gasteiger partial charge in [-0.25, -0.2) is 4.98 Å². The first-order valence-corrected chi connectivity index (χ1v) is 6.60. The predicted molar refractivity (Wildman–Crippen MR) is 73.4 cm³/mol. The first kappa shape index (κ1) is 10.7. The number of aromatic nitrogens is 2. The van der Waals surface area contributed by atoms with Gasteiger partial charge in [-0.2, -0.15) is 0 Å². The van der Waals surface area contributed by atoms with Crippen LogP contribution in [-0.4, -0.2) is 9.97 Å². The molecule has 0 atom stereocenters. The van der Waals surface area contributed by atoms with Crippen molar-refractivity contribution < 1.29 is 0 Å². The summed E-state index contributed by atoms with van der Waals surface area (Å²) in [5, 5.41) is 0.859. The molecule has 5 heteroatoms. The van der Waals surface area contributed by atoms with E-state index in [1.54, 1.807) is 6.20 Å². The number of rotatable bonds is 1. The lowest BCUT2D eigenvalue weighted by atomic mass is 10.2. The fraction of sp³-hybridized carbons (Fsp3) is 0. The molecule has 2 heterocycles. The van der Waals surface area contributed by atoms with Crippen LogP contribution in [0.2, 0.25) is 0 Å². The molecule has 3 aromatic rings. The Morgan fingerprint density at radius 1 is 1.24 bits per heavy atom. The van der Waals surface area contributed by atoms with Gasteiger partial charge in [-0.1, -0.05) is 30.3 Å². The van der Waals surface area contributed by atoms with E-state index >= 15 is 0 Å². The number of halogens is 1. The average Bonchev–Trinajstić information content (AvgIpc) is 2.81. The zero-order valence-corrected chi connectivity index (χ0v) is 11.0. The van der Waals surface area contributed by atoms with Gasteiger partial charge in [0, 0.05) is 11.8 Å². The minimum absolute atomic E-state index is 0.151. The highest BCUT2D eigenvalue weighted by Gasteiger charge is 2.11. The number of hydrogen-bond acceptors (Lipinski definition) is 3. The quantitative estimate of drug-likeness (QED) is 0.749. The van der Waals surface area contributed by atoms with Crippen molar-refractivity contribution in [3.05, 3.63) is 51.4 Å². The molecular formula is C12H7BrN2OS. The predicted octanol–water partition coefficient (Wildman–Crippen LogP) is 3.41. The van der Waals surface area contributed by atoms with Crippen molar-refractivity contribution >= 4 is 37.5 Å². The molecule has 0 saturated heterocycles. The molecule has 1 N–H and O–H groups in total. The van der Waals surface area contributed by atoms with Crippen LogP contribution in [0.3, 0.4) is 0 Å². The topological polar surface area (TPSA) is 45.8 Å². The highest BCUT2D eigenvalue weighted by molar-refractivity contribution is 9.10. The fourth-order valence-corrected chi connectivity index (χ4v) is 3.12. The highest BCUT2D eigenvalue weighted by atomic mass is 79.9. The molecule has 0 unspecified atom stereocenters. The molecule has 0 amide bonds. The Morgan fingerprint density at radius 3 is 2.71 bits per heavy atom. The standard InChI is InChI=1S/C12H7BrN2OS/c13-8-6-14-11(16)9-10(8)17-12(15-9)7-4-2-1-3-5-7/h1-6H,(H,14,16). The van der Waals surface area contributed by atoms with Gasteiger partial charge in [0.25, 0.3) is 5.56 Å². The average molecular weight is 307 g/mol. The Kier molecular flexibility index (Phi) is 2.57. The summed E-state index contributed by atoms with van der Waals surface area (Å²) in [6.07, 6.45) is 1.65. The van der Waals surface area contributed by atoms with Crippen molar-refractivity contribution in [1.82, 2.24) is 9.97 Å². The van der Waals surface area contributed by atoms with E-state index in [1.165, 1.54) is 11.3 Å². The maximum atomic E-state index is 11.6. The summed E-state index contributed by atoms with van der Waals surface area (Å²) >= 11 is 4.93. The van der Waals surface area contributed by atoms with Crippen molar-refractivity contribution in [2.45, 2.75) is 0 Å². The monoisotopic (exact) mass is 306 g/mol. The first-order valence-electron chi connectivity index (χ1n) is 4.99. The smallest absolute Gasteiger partial charge is 0.275 e. The van der Waals surface area contributed by atoms with E-state index in [0.29, 0.717) is 5.52 Å². The Bertz CT molecular complexity index is 733. The molecule has 1 aromatic carbocycles. The van der Waals surface area contributed by atoms with Crippen molar-refractivity contribution in [3.63, 3.8) is 0 Å². The molecule has 0 aliphatic carbocycles. The van der Waals surface area contributed by atoms with E-state index in [4.69, 9.17) is 0 Å². The van der Waals surface area contributed by atoms with Crippen molar-refractivity contribution in [2.24, 2.45) is 0 Å². The molecule has 0 aliphatic rings. The normalized spacial score (nSPS) is 10.9. The van der Waals surface area contributed by atoms with Gasteiger partial charge in [-0.05, 0) is 15.9 Å². The Morgan fingerprint density at radius 2 is 2.00 bits per heavy atom. The maximum Gasteiger partial charge on any atom is 0.275 e. The zero-order chi connectivity index (χ0) is 11.8. The molecular weight excluding hydrogens is 300 g/mol. The van der Waals surface area contributed by atoms with Crippen LogP contribution in [0.5, 0.6) is 0 Å². The highest BCUT2D eigenvalue weighted by Crippen LogP contribution is 2.32. The molecule has 0 radical (unpaired) electrons. The number of fused-ring (bicyclic) bond motifs is 1. The van der Waals surface area contributed by atoms with E-state index in [-0.39, 0.29) is 5.56 Å². The molecule has 0 saturated carbocycles. The summed E-state index contributed by atoms with van der Waals surface area (Å²) in [5.74, 6) is 0. The molecule has 0 fully saturated rings. The molecule has 3 nitrogen and oxygen atoms in total. The number of nitrogens with zero attached hydrogens (tertiary/aromatic N) is 1. The van der Waals surface area contributed by atoms with E-state index in [0.717, 1.165) is 19.7 Å². The minimum Gasteiger partial charge on any atom is -0.326 e. The summed E-state index contributed by atoms with van der Waals surface area (Å²) in [4.78, 5) is 18.7. The van der Waals surface area contributed by atoms with Crippen LogP contribution in [0, 0.1) is 0 Å². The number of benzene rings is 1. The molecule has 2 aromatic heterocycles. The molecule has 0 bridgehead atoms. The number of thiazole rings is 1. The second-order valence-electron chi connectivity index (χ2n) is 3.53. The van der Waals surface area contributed by atoms with E-state index in [2.05, 4.69) is 25.9 Å². The first-order chi connectivity index (χ1) is 8.25. The van der Waals surface area contributed by atoms with Gasteiger partial charge in [0.15, 0.2) is 0 Å². The summed E-state index contributed by atoms with van der Waals surface area (Å²) in [6, 6.07) is 9.85. The molecule has 17 heavy (non-hydrogen) atoms. The van der Waals surface area contributed by atoms with Gasteiger partial charge in [0.05, 0.1) is 9.17 Å². The summed E-state index contributed by atoms with van der Waals surface area (Å²) < 4.78 is 1.75. The van der Waals surface area contributed by atoms with Crippen LogP contribution in [0.15, 0.2) is 45.8 Å². The fourth-order valence-electron chi connectivity index (χ4n) is 1.60. The number of hydrogen-bond donors (Lipinski definition) is 1. The lowest BCUT2D eigenvalue weighted by Gasteiger charge is -1.92. The number of pyridine rings is 1. The van der Waals surface area contributed by atoms with Crippen LogP contribution in [0.4, 0.5) is 0 Å². The minimum atomic E-state index is -0.151. The van der Waals surface area contributed by atoms with Crippen LogP contribution >= 0.6 is 27.3 Å². The van der Waals surface area contributed by atoms with Crippen LogP contribution in [0.1, 0.15) is 0 Å². The second-order valence-corrected chi connectivity index (χ2v) is 5.38. The van der Waals surface area contributed by atoms with Crippen LogP contribution in [0.25, 0.3) is 20.8 Å². The van der Waals surface area contributed by atoms with Crippen molar-refractivity contribution in [1.29, 1.82) is 0 Å². The van der Waals surface area contributed by atoms with E-state index in [9.17, 15) is 4.79 Å². The molecule has 84 valence electrons. The summed E-state index contributed by atoms with van der Waals surface area (Å²) in [7, 11) is 0. The van der Waals surface area contributed by atoms with Crippen molar-refractivity contribution in [3.8, 4) is 10.6 Å². The number of aromatic amines is 1. The largest absolute Gasteiger partial charge is 0.326 e. The second kappa shape index (κ2) is 4.09. The SMILES string of the molecule is O=c1[nH]cc(Br)c2sc(-c3ccccc3)nc12. The summed E-state index contributed by atoms with van der Waals surface area (Å²) in [5.41, 5.74) is 1.37. The lowest BCUT2D eigenvalue weighted by Crippen LogP contribution is -2.04. The van der Waals surface area contributed by atoms with Crippen LogP contribution < -0.4 is 5.56 Å². The third-order valence-electron chi connectivity index (χ3n) is 2.41. The molecule has 0 aliphatic heterocycles. The molecule has 3 rings (SSSR count). The Balaban J connectivity index is 2.31. The van der Waals surface area contributed by atoms with Gasteiger partial charge in [0.2, 0.25) is 0 Å². The third-order valence-corrected chi connectivity index (χ3v) is 4.44. The molecule has 0 spiro atoms. The van der Waals surface area contributed by atoms with Gasteiger partial charge >= 0.3 is 0 Å². The lowest BCUT2D eigenvalue weighted by molar-refractivity contribution is 1.24. The number of nitrogens with one attached hydrogen (secondary N) is 1. The Hall–Kier alpha value is -1.46. The van der Waals surface area contributed by atoms with E-state index < -0.39 is 0 Å². The van der Waals surface area contributed by atoms with Crippen molar-refractivity contribution in [2.75, 3.05) is 0 Å². The summed E-state index contributed by atoms with van der Waals surface area (Å²) in [6.45, 7) is 0. The zero-order valence-electron chi connectivity index (χ0n) is 8.61. The Labute approximate surface area is 109 Å². The van der Waals surface area contributed by atoms with Crippen LogP contribution in [-0.2, 0) is 0 Å². The van der Waals surface area contributed by atoms with E-state index in [1.807, 2.05) is 30.3 Å². The third kappa shape index (κ3) is 1.81. The maximum absolute atomic E-state index is 11.6. The van der Waals surface area contributed by atoms with Gasteiger partial charge in [0.1, 0.15) is 10.5 Å².